The van der Waals surface area contributed by atoms with Crippen molar-refractivity contribution < 1.29 is 9.90 Å². The smallest absolute Gasteiger partial charge is 0.261 e. The van der Waals surface area contributed by atoms with E-state index in [4.69, 9.17) is 0 Å². The summed E-state index contributed by atoms with van der Waals surface area (Å²) in [6.45, 7) is 2.84. The Morgan fingerprint density at radius 1 is 1.42 bits per heavy atom. The van der Waals surface area contributed by atoms with E-state index in [-0.39, 0.29) is 17.9 Å². The van der Waals surface area contributed by atoms with Crippen LogP contribution in [0.2, 0.25) is 0 Å². The number of nitrogens with one attached hydrogen (secondary N) is 1. The number of rotatable bonds is 5. The number of thiophene rings is 1. The number of carbonyl (C=O) groups is 1. The molecular formula is C15H23NO2S. The van der Waals surface area contributed by atoms with E-state index in [2.05, 4.69) is 12.2 Å². The largest absolute Gasteiger partial charge is 0.396 e. The Morgan fingerprint density at radius 3 is 2.79 bits per heavy atom. The first-order valence-electron chi connectivity index (χ1n) is 7.16. The van der Waals surface area contributed by atoms with Crippen LogP contribution in [0.25, 0.3) is 0 Å². The molecule has 1 fully saturated rings. The number of aliphatic hydroxyl groups is 1. The van der Waals surface area contributed by atoms with Crippen LogP contribution in [0.1, 0.15) is 54.3 Å². The third kappa shape index (κ3) is 3.37. The summed E-state index contributed by atoms with van der Waals surface area (Å²) in [6.07, 6.45) is 6.51. The highest BCUT2D eigenvalue weighted by Crippen LogP contribution is 2.35. The molecule has 1 aliphatic rings. The molecule has 0 aliphatic heterocycles. The number of aryl methyl sites for hydroxylation is 1. The minimum Gasteiger partial charge on any atom is -0.396 e. The minimum absolute atomic E-state index is 0.0187. The van der Waals surface area contributed by atoms with Crippen molar-refractivity contribution in [2.75, 3.05) is 13.2 Å². The molecule has 0 saturated heterocycles. The molecule has 0 unspecified atom stereocenters. The van der Waals surface area contributed by atoms with Crippen molar-refractivity contribution in [3.63, 3.8) is 0 Å². The molecule has 106 valence electrons. The van der Waals surface area contributed by atoms with E-state index >= 15 is 0 Å². The number of carbonyl (C=O) groups excluding carboxylic acids is 1. The van der Waals surface area contributed by atoms with E-state index in [1.165, 1.54) is 17.8 Å². The second-order valence-electron chi connectivity index (χ2n) is 5.53. The summed E-state index contributed by atoms with van der Waals surface area (Å²) >= 11 is 1.50. The highest BCUT2D eigenvalue weighted by Gasteiger charge is 2.32. The molecule has 0 aromatic carbocycles. The fourth-order valence-corrected chi connectivity index (χ4v) is 3.77. The molecule has 2 N–H and O–H groups in total. The lowest BCUT2D eigenvalue weighted by Crippen LogP contribution is -2.41. The Hall–Kier alpha value is -0.870. The monoisotopic (exact) mass is 281 g/mol. The number of hydrogen-bond donors (Lipinski definition) is 2. The summed E-state index contributed by atoms with van der Waals surface area (Å²) in [6, 6.07) is 2.02. The molecule has 1 aromatic rings. The maximum atomic E-state index is 12.2. The zero-order valence-corrected chi connectivity index (χ0v) is 12.4. The van der Waals surface area contributed by atoms with Gasteiger partial charge in [-0.3, -0.25) is 4.79 Å². The van der Waals surface area contributed by atoms with Gasteiger partial charge in [-0.25, -0.2) is 0 Å². The van der Waals surface area contributed by atoms with Gasteiger partial charge in [-0.15, -0.1) is 11.3 Å². The first-order valence-corrected chi connectivity index (χ1v) is 8.04. The quantitative estimate of drug-likeness (QED) is 0.871. The number of hydrogen-bond acceptors (Lipinski definition) is 3. The Labute approximate surface area is 119 Å². The minimum atomic E-state index is -0.0858. The van der Waals surface area contributed by atoms with E-state index < -0.39 is 0 Å². The van der Waals surface area contributed by atoms with E-state index in [1.54, 1.807) is 0 Å². The fourth-order valence-electron chi connectivity index (χ4n) is 2.85. The SMILES string of the molecule is CCc1ccsc1C(=O)NCC1(CO)CCCCC1. The molecule has 1 saturated carbocycles. The normalized spacial score (nSPS) is 18.2. The van der Waals surface area contributed by atoms with Crippen LogP contribution in [-0.4, -0.2) is 24.2 Å². The number of aliphatic hydroxyl groups excluding tert-OH is 1. The highest BCUT2D eigenvalue weighted by molar-refractivity contribution is 7.12. The van der Waals surface area contributed by atoms with E-state index in [9.17, 15) is 9.90 Å². The molecule has 1 aliphatic carbocycles. The Morgan fingerprint density at radius 2 is 2.16 bits per heavy atom. The average Bonchev–Trinajstić information content (AvgIpc) is 2.94. The zero-order chi connectivity index (χ0) is 13.7. The van der Waals surface area contributed by atoms with E-state index in [0.29, 0.717) is 6.54 Å². The molecule has 0 radical (unpaired) electrons. The Balaban J connectivity index is 1.95. The summed E-state index contributed by atoms with van der Waals surface area (Å²) in [4.78, 5) is 13.0. The molecule has 1 aromatic heterocycles. The van der Waals surface area contributed by atoms with Gasteiger partial charge in [0.05, 0.1) is 11.5 Å². The first-order chi connectivity index (χ1) is 9.21. The van der Waals surface area contributed by atoms with Gasteiger partial charge in [0, 0.05) is 12.0 Å². The van der Waals surface area contributed by atoms with Gasteiger partial charge in [-0.1, -0.05) is 26.2 Å². The highest BCUT2D eigenvalue weighted by atomic mass is 32.1. The van der Waals surface area contributed by atoms with Crippen LogP contribution in [0.4, 0.5) is 0 Å². The van der Waals surface area contributed by atoms with Gasteiger partial charge < -0.3 is 10.4 Å². The second kappa shape index (κ2) is 6.53. The molecule has 1 amide bonds. The Bertz CT molecular complexity index is 422. The van der Waals surface area contributed by atoms with Crippen LogP contribution in [0.15, 0.2) is 11.4 Å². The van der Waals surface area contributed by atoms with Crippen LogP contribution >= 0.6 is 11.3 Å². The summed E-state index contributed by atoms with van der Waals surface area (Å²) in [5.41, 5.74) is 1.03. The zero-order valence-electron chi connectivity index (χ0n) is 11.6. The van der Waals surface area contributed by atoms with E-state index in [1.807, 2.05) is 11.4 Å². The molecule has 3 nitrogen and oxygen atoms in total. The molecule has 0 bridgehead atoms. The first kappa shape index (κ1) is 14.5. The van der Waals surface area contributed by atoms with Gasteiger partial charge in [0.1, 0.15) is 0 Å². The predicted octanol–water partition coefficient (Wildman–Crippen LogP) is 2.98. The molecule has 0 atom stereocenters. The van der Waals surface area contributed by atoms with Crippen molar-refractivity contribution >= 4 is 17.2 Å². The van der Waals surface area contributed by atoms with Crippen LogP contribution in [-0.2, 0) is 6.42 Å². The van der Waals surface area contributed by atoms with Crippen molar-refractivity contribution in [3.8, 4) is 0 Å². The summed E-state index contributed by atoms with van der Waals surface area (Å²) in [7, 11) is 0. The molecule has 1 heterocycles. The summed E-state index contributed by atoms with van der Waals surface area (Å²) < 4.78 is 0. The van der Waals surface area contributed by atoms with Gasteiger partial charge in [-0.2, -0.15) is 0 Å². The van der Waals surface area contributed by atoms with Gasteiger partial charge in [0.25, 0.3) is 5.91 Å². The lowest BCUT2D eigenvalue weighted by atomic mass is 9.74. The lowest BCUT2D eigenvalue weighted by Gasteiger charge is -2.35. The van der Waals surface area contributed by atoms with Gasteiger partial charge in [0.15, 0.2) is 0 Å². The fraction of sp³-hybridized carbons (Fsp3) is 0.667. The van der Waals surface area contributed by atoms with Crippen LogP contribution in [0, 0.1) is 5.41 Å². The van der Waals surface area contributed by atoms with Gasteiger partial charge in [0.2, 0.25) is 0 Å². The average molecular weight is 281 g/mol. The standard InChI is InChI=1S/C15H23NO2S/c1-2-12-6-9-19-13(12)14(18)16-10-15(11-17)7-4-3-5-8-15/h6,9,17H,2-5,7-8,10-11H2,1H3,(H,16,18). The maximum absolute atomic E-state index is 12.2. The molecule has 0 spiro atoms. The summed E-state index contributed by atoms with van der Waals surface area (Å²) in [5, 5.41) is 14.6. The second-order valence-corrected chi connectivity index (χ2v) is 6.45. The topological polar surface area (TPSA) is 49.3 Å². The predicted molar refractivity (Wildman–Crippen MR) is 78.6 cm³/mol. The Kier molecular flexibility index (Phi) is 4.99. The molecule has 4 heteroatoms. The third-order valence-electron chi connectivity index (χ3n) is 4.21. The molecule has 19 heavy (non-hydrogen) atoms. The van der Waals surface area contributed by atoms with Crippen molar-refractivity contribution in [1.82, 2.24) is 5.32 Å². The third-order valence-corrected chi connectivity index (χ3v) is 5.16. The van der Waals surface area contributed by atoms with Crippen molar-refractivity contribution in [3.05, 3.63) is 21.9 Å². The van der Waals surface area contributed by atoms with E-state index in [0.717, 1.165) is 42.5 Å². The molecular weight excluding hydrogens is 258 g/mol. The van der Waals surface area contributed by atoms with Crippen LogP contribution in [0.5, 0.6) is 0 Å². The van der Waals surface area contributed by atoms with Crippen molar-refractivity contribution in [2.45, 2.75) is 45.4 Å². The maximum Gasteiger partial charge on any atom is 0.261 e. The number of amides is 1. The lowest BCUT2D eigenvalue weighted by molar-refractivity contribution is 0.0719. The van der Waals surface area contributed by atoms with Crippen molar-refractivity contribution in [1.29, 1.82) is 0 Å². The van der Waals surface area contributed by atoms with Crippen molar-refractivity contribution in [2.24, 2.45) is 5.41 Å². The summed E-state index contributed by atoms with van der Waals surface area (Å²) in [5.74, 6) is 0.0187. The van der Waals surface area contributed by atoms with Gasteiger partial charge in [-0.05, 0) is 36.3 Å². The molecule has 2 rings (SSSR count). The van der Waals surface area contributed by atoms with Crippen LogP contribution in [0.3, 0.4) is 0 Å². The van der Waals surface area contributed by atoms with Crippen LogP contribution < -0.4 is 5.32 Å². The van der Waals surface area contributed by atoms with Gasteiger partial charge >= 0.3 is 0 Å².